The van der Waals surface area contributed by atoms with Gasteiger partial charge in [0.25, 0.3) is 0 Å². The molecular formula is C37H44N4O7. The summed E-state index contributed by atoms with van der Waals surface area (Å²) in [4.78, 5) is 26.2. The molecular weight excluding hydrogens is 612 g/mol. The highest BCUT2D eigenvalue weighted by Gasteiger charge is 2.24. The van der Waals surface area contributed by atoms with Crippen LogP contribution in [0.1, 0.15) is 28.8 Å². The summed E-state index contributed by atoms with van der Waals surface area (Å²) in [7, 11) is 3.28. The van der Waals surface area contributed by atoms with Gasteiger partial charge in [-0.1, -0.05) is 67.2 Å². The fourth-order valence-corrected chi connectivity index (χ4v) is 5.27. The van der Waals surface area contributed by atoms with Gasteiger partial charge in [-0.25, -0.2) is 14.8 Å². The summed E-state index contributed by atoms with van der Waals surface area (Å²) in [5.74, 6) is 0.146. The van der Waals surface area contributed by atoms with E-state index in [-0.39, 0.29) is 24.5 Å². The molecule has 4 N–H and O–H groups in total. The van der Waals surface area contributed by atoms with Crippen LogP contribution in [-0.4, -0.2) is 103 Å². The van der Waals surface area contributed by atoms with E-state index in [1.807, 2.05) is 53.4 Å². The van der Waals surface area contributed by atoms with E-state index in [1.165, 1.54) is 12.1 Å². The summed E-state index contributed by atoms with van der Waals surface area (Å²) in [6.07, 6.45) is 0.957. The zero-order valence-corrected chi connectivity index (χ0v) is 27.5. The Morgan fingerprint density at radius 1 is 0.625 bits per heavy atom. The smallest absolute Gasteiger partial charge is 0.335 e. The zero-order valence-electron chi connectivity index (χ0n) is 27.5. The van der Waals surface area contributed by atoms with E-state index in [9.17, 15) is 25.2 Å². The van der Waals surface area contributed by atoms with Crippen LogP contribution in [0.3, 0.4) is 0 Å². The zero-order chi connectivity index (χ0) is 34.5. The van der Waals surface area contributed by atoms with E-state index in [2.05, 4.69) is 11.5 Å². The van der Waals surface area contributed by atoms with E-state index < -0.39 is 5.97 Å². The third kappa shape index (κ3) is 9.17. The third-order valence-electron chi connectivity index (χ3n) is 7.88. The van der Waals surface area contributed by atoms with Crippen LogP contribution in [0.15, 0.2) is 79.4 Å². The van der Waals surface area contributed by atoms with Gasteiger partial charge in [-0.3, -0.25) is 0 Å². The molecule has 0 spiro atoms. The van der Waals surface area contributed by atoms with Crippen molar-refractivity contribution in [1.29, 1.82) is 0 Å². The van der Waals surface area contributed by atoms with Crippen molar-refractivity contribution in [2.45, 2.75) is 12.8 Å². The van der Waals surface area contributed by atoms with Gasteiger partial charge in [0.05, 0.1) is 18.8 Å². The summed E-state index contributed by atoms with van der Waals surface area (Å²) in [6.45, 7) is 6.38. The molecule has 0 saturated carbocycles. The first-order valence-electron chi connectivity index (χ1n) is 15.9. The molecule has 11 heteroatoms. The lowest BCUT2D eigenvalue weighted by Crippen LogP contribution is -2.33. The van der Waals surface area contributed by atoms with Crippen molar-refractivity contribution in [3.8, 4) is 33.6 Å². The molecule has 254 valence electrons. The number of nitrogens with zero attached hydrogens (tertiary/aromatic N) is 4. The Kier molecular flexibility index (Phi) is 13.5. The van der Waals surface area contributed by atoms with Crippen molar-refractivity contribution < 1.29 is 34.7 Å². The Morgan fingerprint density at radius 2 is 1.00 bits per heavy atom. The van der Waals surface area contributed by atoms with Crippen LogP contribution in [0.4, 0.5) is 11.6 Å². The number of anilines is 2. The molecule has 1 aromatic heterocycles. The van der Waals surface area contributed by atoms with Crippen molar-refractivity contribution in [2.24, 2.45) is 0 Å². The highest BCUT2D eigenvalue weighted by molar-refractivity contribution is 5.89. The van der Waals surface area contributed by atoms with Gasteiger partial charge >= 0.3 is 5.97 Å². The Morgan fingerprint density at radius 3 is 1.40 bits per heavy atom. The minimum atomic E-state index is -1.03. The van der Waals surface area contributed by atoms with Crippen molar-refractivity contribution in [3.05, 3.63) is 90.5 Å². The molecule has 1 heterocycles. The molecule has 4 aromatic rings. The molecule has 4 rings (SSSR count). The topological polar surface area (TPSA) is 149 Å². The lowest BCUT2D eigenvalue weighted by Gasteiger charge is -2.30. The number of benzene rings is 3. The second-order valence-corrected chi connectivity index (χ2v) is 11.2. The second kappa shape index (κ2) is 17.9. The Bertz CT molecular complexity index is 1610. The fraction of sp³-hybridized carbons (Fsp3) is 0.324. The summed E-state index contributed by atoms with van der Waals surface area (Å²) < 4.78 is 10.9. The molecule has 0 atom stereocenters. The van der Waals surface area contributed by atoms with Crippen LogP contribution in [0, 0.1) is 0 Å². The molecule has 0 aliphatic carbocycles. The van der Waals surface area contributed by atoms with Crippen LogP contribution in [-0.2, 0) is 9.47 Å². The van der Waals surface area contributed by atoms with Crippen LogP contribution in [0.5, 0.6) is 0 Å². The molecule has 0 bridgehead atoms. The summed E-state index contributed by atoms with van der Waals surface area (Å²) >= 11 is 0. The maximum atomic E-state index is 11.6. The largest absolute Gasteiger partial charge is 0.508 e. The average molecular weight is 657 g/mol. The van der Waals surface area contributed by atoms with Crippen LogP contribution in [0.25, 0.3) is 39.4 Å². The standard InChI is InChI=1S/C37H44N4O7/c1-26(44)27-6-8-28(9-7-27)29-10-12-30(13-11-29)34-36(41(20-24-47-2)21-25-48-3)39-33(31-14-16-32(17-15-31)37(45)46)35(38-34)40(18-4-22-42)19-5-23-43/h6-17,42-44H,1,4-5,18-25H2,2-3H3,(H,45,46). The predicted molar refractivity (Wildman–Crippen MR) is 189 cm³/mol. The minimum absolute atomic E-state index is 0.0126. The van der Waals surface area contributed by atoms with E-state index >= 15 is 0 Å². The number of carbonyl (C=O) groups is 1. The summed E-state index contributed by atoms with van der Waals surface area (Å²) in [6, 6.07) is 22.0. The SMILES string of the molecule is C=C(O)c1ccc(-c2ccc(-c3nc(N(CCCO)CCCO)c(-c4ccc(C(=O)O)cc4)nc3N(CCOC)CCOC)cc2)cc1. The van der Waals surface area contributed by atoms with Gasteiger partial charge in [0, 0.05) is 70.3 Å². The first-order valence-corrected chi connectivity index (χ1v) is 15.9. The second-order valence-electron chi connectivity index (χ2n) is 11.2. The van der Waals surface area contributed by atoms with Gasteiger partial charge in [-0.15, -0.1) is 0 Å². The first kappa shape index (κ1) is 36.0. The number of carboxylic acids is 1. The number of aliphatic hydroxyl groups is 3. The molecule has 0 fully saturated rings. The number of aliphatic hydroxyl groups excluding tert-OH is 3. The lowest BCUT2D eigenvalue weighted by molar-refractivity contribution is 0.0697. The number of hydrogen-bond acceptors (Lipinski definition) is 10. The Labute approximate surface area is 281 Å². The quantitative estimate of drug-likeness (QED) is 0.0965. The van der Waals surface area contributed by atoms with Crippen LogP contribution >= 0.6 is 0 Å². The van der Waals surface area contributed by atoms with Gasteiger partial charge in [0.2, 0.25) is 0 Å². The first-order chi connectivity index (χ1) is 23.3. The number of methoxy groups -OCH3 is 2. The van der Waals surface area contributed by atoms with Gasteiger partial charge in [-0.2, -0.15) is 0 Å². The Hall–Kier alpha value is -4.81. The van der Waals surface area contributed by atoms with Gasteiger partial charge < -0.3 is 39.7 Å². The van der Waals surface area contributed by atoms with Crippen molar-refractivity contribution in [3.63, 3.8) is 0 Å². The highest BCUT2D eigenvalue weighted by Crippen LogP contribution is 2.37. The van der Waals surface area contributed by atoms with Gasteiger partial charge in [-0.05, 0) is 36.1 Å². The van der Waals surface area contributed by atoms with Crippen molar-refractivity contribution >= 4 is 23.4 Å². The third-order valence-corrected chi connectivity index (χ3v) is 7.88. The number of rotatable bonds is 19. The van der Waals surface area contributed by atoms with Crippen molar-refractivity contribution in [1.82, 2.24) is 9.97 Å². The molecule has 11 nitrogen and oxygen atoms in total. The lowest BCUT2D eigenvalue weighted by atomic mass is 10.0. The minimum Gasteiger partial charge on any atom is -0.508 e. The highest BCUT2D eigenvalue weighted by atomic mass is 16.5. The molecule has 0 unspecified atom stereocenters. The summed E-state index contributed by atoms with van der Waals surface area (Å²) in [5.41, 5.74) is 5.42. The number of hydrogen-bond donors (Lipinski definition) is 4. The monoisotopic (exact) mass is 656 g/mol. The molecule has 0 amide bonds. The normalized spacial score (nSPS) is 11.0. The van der Waals surface area contributed by atoms with E-state index in [0.717, 1.165) is 16.7 Å². The predicted octanol–water partition coefficient (Wildman–Crippen LogP) is 5.37. The van der Waals surface area contributed by atoms with Crippen LogP contribution in [0.2, 0.25) is 0 Å². The molecule has 0 radical (unpaired) electrons. The van der Waals surface area contributed by atoms with E-state index in [4.69, 9.17) is 19.4 Å². The van der Waals surface area contributed by atoms with Gasteiger partial charge in [0.1, 0.15) is 17.1 Å². The maximum Gasteiger partial charge on any atom is 0.335 e. The fourth-order valence-electron chi connectivity index (χ4n) is 5.27. The number of ether oxygens (including phenoxy) is 2. The Balaban J connectivity index is 1.94. The summed E-state index contributed by atoms with van der Waals surface area (Å²) in [5, 5.41) is 38.7. The van der Waals surface area contributed by atoms with Gasteiger partial charge in [0.15, 0.2) is 11.6 Å². The number of carboxylic acid groups (broad SMARTS) is 1. The van der Waals surface area contributed by atoms with Crippen molar-refractivity contribution in [2.75, 3.05) is 76.6 Å². The maximum absolute atomic E-state index is 11.6. The van der Waals surface area contributed by atoms with Crippen LogP contribution < -0.4 is 9.80 Å². The molecule has 3 aromatic carbocycles. The van der Waals surface area contributed by atoms with E-state index in [0.29, 0.717) is 86.4 Å². The average Bonchev–Trinajstić information content (AvgIpc) is 3.11. The molecule has 0 aliphatic rings. The van der Waals surface area contributed by atoms with E-state index in [1.54, 1.807) is 26.4 Å². The molecule has 0 aliphatic heterocycles. The molecule has 0 saturated heterocycles. The molecule has 48 heavy (non-hydrogen) atoms. The number of aromatic nitrogens is 2. The number of aromatic carboxylic acids is 1.